The molecule has 0 bridgehead atoms. The average molecular weight is 866 g/mol. The van der Waals surface area contributed by atoms with E-state index in [2.05, 4.69) is 47.2 Å². The Kier molecular flexibility index (Phi) is 18.7. The number of primary amides is 2. The number of aromatic amines is 1. The van der Waals surface area contributed by atoms with E-state index in [1.54, 1.807) is 37.3 Å². The molecule has 9 amide bonds. The summed E-state index contributed by atoms with van der Waals surface area (Å²) < 4.78 is 0. The fourth-order valence-electron chi connectivity index (χ4n) is 6.59. The molecule has 0 aliphatic heterocycles. The van der Waals surface area contributed by atoms with Crippen LogP contribution in [0.15, 0.2) is 85.3 Å². The van der Waals surface area contributed by atoms with Crippen LogP contribution in [0.5, 0.6) is 0 Å². The number of nitrogens with one attached hydrogen (secondary N) is 8. The summed E-state index contributed by atoms with van der Waals surface area (Å²) in [6, 6.07) is 15.8. The van der Waals surface area contributed by atoms with Crippen LogP contribution in [0, 0.1) is 19.8 Å². The Balaban J connectivity index is 1.47. The number of aryl methyl sites for hydroxylation is 2. The zero-order valence-electron chi connectivity index (χ0n) is 36.1. The Hall–Kier alpha value is -7.24. The van der Waals surface area contributed by atoms with Gasteiger partial charge in [0.2, 0.25) is 29.5 Å². The number of urea groups is 2. The predicted molar refractivity (Wildman–Crippen MR) is 239 cm³/mol. The summed E-state index contributed by atoms with van der Waals surface area (Å²) in [4.78, 5) is 98.6. The van der Waals surface area contributed by atoms with Crippen molar-refractivity contribution in [1.29, 1.82) is 0 Å². The van der Waals surface area contributed by atoms with Crippen LogP contribution in [0.2, 0.25) is 0 Å². The second-order valence-corrected chi connectivity index (χ2v) is 15.5. The van der Waals surface area contributed by atoms with Crippen molar-refractivity contribution in [3.8, 4) is 0 Å². The third-order valence-corrected chi connectivity index (χ3v) is 10.5. The third kappa shape index (κ3) is 16.3. The number of rotatable bonds is 23. The van der Waals surface area contributed by atoms with Gasteiger partial charge in [0.1, 0.15) is 24.2 Å². The number of imidazole rings is 1. The molecule has 0 radical (unpaired) electrons. The fourth-order valence-corrected chi connectivity index (χ4v) is 6.59. The maximum atomic E-state index is 14.2. The number of anilines is 2. The molecule has 0 aliphatic rings. The quantitative estimate of drug-likeness (QED) is 0.0494. The van der Waals surface area contributed by atoms with Crippen molar-refractivity contribution in [2.45, 2.75) is 96.8 Å². The molecule has 3 aromatic carbocycles. The largest absolute Gasteiger partial charge is 0.368 e. The second kappa shape index (κ2) is 24.3. The number of hydrogen-bond acceptors (Lipinski definition) is 8. The molecule has 5 atom stereocenters. The predicted octanol–water partition coefficient (Wildman–Crippen LogP) is 3.01. The Morgan fingerprint density at radius 1 is 0.714 bits per heavy atom. The van der Waals surface area contributed by atoms with Crippen molar-refractivity contribution < 1.29 is 33.6 Å². The van der Waals surface area contributed by atoms with Crippen LogP contribution in [-0.4, -0.2) is 82.3 Å². The van der Waals surface area contributed by atoms with E-state index in [0.29, 0.717) is 41.9 Å². The topological polar surface area (TPSA) is 284 Å². The monoisotopic (exact) mass is 865 g/mol. The third-order valence-electron chi connectivity index (χ3n) is 10.5. The van der Waals surface area contributed by atoms with Gasteiger partial charge in [-0.1, -0.05) is 80.4 Å². The highest BCUT2D eigenvalue weighted by atomic mass is 16.2. The highest BCUT2D eigenvalue weighted by molar-refractivity contribution is 6.00. The smallest absolute Gasteiger partial charge is 0.323 e. The molecule has 1 unspecified atom stereocenters. The van der Waals surface area contributed by atoms with Crippen molar-refractivity contribution in [2.24, 2.45) is 17.4 Å². The summed E-state index contributed by atoms with van der Waals surface area (Å²) in [5.74, 6) is -3.61. The minimum absolute atomic E-state index is 0.0414. The number of carbonyl (C=O) groups is 7. The van der Waals surface area contributed by atoms with Gasteiger partial charge in [-0.3, -0.25) is 24.0 Å². The molecule has 0 fully saturated rings. The number of benzene rings is 3. The molecular weight excluding hydrogens is 807 g/mol. The van der Waals surface area contributed by atoms with Gasteiger partial charge in [0.05, 0.1) is 12.7 Å². The first-order chi connectivity index (χ1) is 30.1. The number of unbranched alkanes of at least 4 members (excludes halogenated alkanes) is 1. The number of para-hydroxylation sites is 1. The Morgan fingerprint density at radius 2 is 1.38 bits per heavy atom. The molecule has 1 aromatic heterocycles. The van der Waals surface area contributed by atoms with Gasteiger partial charge in [0.15, 0.2) is 0 Å². The van der Waals surface area contributed by atoms with E-state index in [-0.39, 0.29) is 32.2 Å². The number of carbonyl (C=O) groups excluding carboxylic acids is 7. The molecule has 0 saturated heterocycles. The highest BCUT2D eigenvalue weighted by Gasteiger charge is 2.33. The van der Waals surface area contributed by atoms with Gasteiger partial charge in [0, 0.05) is 42.7 Å². The van der Waals surface area contributed by atoms with Crippen LogP contribution in [0.4, 0.5) is 21.0 Å². The lowest BCUT2D eigenvalue weighted by atomic mass is 9.96. The SMILES string of the molecule is CCC(C)[C@H](NC(=O)[C@H](CCCCNC(N)=O)NC(=O)Cc1ccc(NC(=O)Nc2ccccc2C)cc1)C(=O)N[C@@H](Cc1ccc(C)cc1)C(=O)N[C@H](Cc1cnc[nH]1)C(N)=O. The summed E-state index contributed by atoms with van der Waals surface area (Å²) in [5, 5.41) is 19.2. The molecule has 12 N–H and O–H groups in total. The van der Waals surface area contributed by atoms with Crippen molar-refractivity contribution in [3.63, 3.8) is 0 Å². The Labute approximate surface area is 366 Å². The molecule has 0 aliphatic carbocycles. The Bertz CT molecular complexity index is 2160. The van der Waals surface area contributed by atoms with E-state index in [1.807, 2.05) is 63.2 Å². The maximum Gasteiger partial charge on any atom is 0.323 e. The number of amides is 9. The van der Waals surface area contributed by atoms with Gasteiger partial charge in [0.25, 0.3) is 0 Å². The van der Waals surface area contributed by atoms with Crippen LogP contribution in [0.1, 0.15) is 67.5 Å². The lowest BCUT2D eigenvalue weighted by Crippen LogP contribution is -2.60. The van der Waals surface area contributed by atoms with Crippen LogP contribution < -0.4 is 48.7 Å². The van der Waals surface area contributed by atoms with E-state index < -0.39 is 71.7 Å². The number of H-pyrrole nitrogens is 1. The van der Waals surface area contributed by atoms with Crippen LogP contribution in [0.3, 0.4) is 0 Å². The zero-order chi connectivity index (χ0) is 45.9. The van der Waals surface area contributed by atoms with Crippen LogP contribution in [0.25, 0.3) is 0 Å². The van der Waals surface area contributed by atoms with Gasteiger partial charge in [-0.25, -0.2) is 14.6 Å². The molecule has 1 heterocycles. The summed E-state index contributed by atoms with van der Waals surface area (Å²) in [5.41, 5.74) is 15.8. The lowest BCUT2D eigenvalue weighted by Gasteiger charge is -2.29. The number of aromatic nitrogens is 2. The number of nitrogens with zero attached hydrogens (tertiary/aromatic N) is 1. The second-order valence-electron chi connectivity index (χ2n) is 15.5. The van der Waals surface area contributed by atoms with Gasteiger partial charge in [-0.2, -0.15) is 0 Å². The minimum Gasteiger partial charge on any atom is -0.368 e. The summed E-state index contributed by atoms with van der Waals surface area (Å²) in [6.07, 6.45) is 4.43. The highest BCUT2D eigenvalue weighted by Crippen LogP contribution is 2.16. The van der Waals surface area contributed by atoms with Gasteiger partial charge in [-0.15, -0.1) is 0 Å². The summed E-state index contributed by atoms with van der Waals surface area (Å²) >= 11 is 0. The average Bonchev–Trinajstić information content (AvgIpc) is 3.76. The van der Waals surface area contributed by atoms with Gasteiger partial charge in [-0.05, 0) is 73.9 Å². The first-order valence-corrected chi connectivity index (χ1v) is 20.9. The lowest BCUT2D eigenvalue weighted by molar-refractivity contribution is -0.135. The minimum atomic E-state index is -1.18. The molecule has 336 valence electrons. The molecule has 0 spiro atoms. The molecule has 0 saturated carbocycles. The van der Waals surface area contributed by atoms with E-state index in [9.17, 15) is 33.6 Å². The van der Waals surface area contributed by atoms with Gasteiger partial charge < -0.3 is 53.7 Å². The van der Waals surface area contributed by atoms with Crippen LogP contribution >= 0.6 is 0 Å². The fraction of sp³-hybridized carbons (Fsp3) is 0.378. The first-order valence-electron chi connectivity index (χ1n) is 20.9. The van der Waals surface area contributed by atoms with Gasteiger partial charge >= 0.3 is 12.1 Å². The van der Waals surface area contributed by atoms with E-state index in [1.165, 1.54) is 12.5 Å². The molecular formula is C45H59N11O7. The molecule has 18 heteroatoms. The molecule has 63 heavy (non-hydrogen) atoms. The first kappa shape index (κ1) is 48.4. The number of nitrogens with two attached hydrogens (primary N) is 2. The van der Waals surface area contributed by atoms with E-state index in [0.717, 1.165) is 16.7 Å². The Morgan fingerprint density at radius 3 is 2.02 bits per heavy atom. The summed E-state index contributed by atoms with van der Waals surface area (Å²) in [6.45, 7) is 7.68. The van der Waals surface area contributed by atoms with Crippen molar-refractivity contribution in [3.05, 3.63) is 113 Å². The molecule has 4 rings (SSSR count). The van der Waals surface area contributed by atoms with Crippen molar-refractivity contribution in [1.82, 2.24) is 36.6 Å². The standard InChI is InChI=1S/C45H59N11O7/c1-5-28(3)39(43(61)54-37(22-30-15-13-27(2)14-16-30)42(60)53-36(40(46)58)24-33-25-48-26-50-33)56-41(59)35(12-8-9-21-49-44(47)62)52-38(57)23-31-17-19-32(20-18-31)51-45(63)55-34-11-7-6-10-29(34)4/h6-7,10-11,13-20,25-26,28,35-37,39H,5,8-9,12,21-24H2,1-4H3,(H2,46,58)(H,48,50)(H,52,57)(H,53,60)(H,54,61)(H,56,59)(H3,47,49,62)(H2,51,55,63)/t28?,35-,36+,37-,39-/m0/s1. The summed E-state index contributed by atoms with van der Waals surface area (Å²) in [7, 11) is 0. The maximum absolute atomic E-state index is 14.2. The van der Waals surface area contributed by atoms with E-state index in [4.69, 9.17) is 11.5 Å². The van der Waals surface area contributed by atoms with Crippen LogP contribution in [-0.2, 0) is 43.2 Å². The zero-order valence-corrected chi connectivity index (χ0v) is 36.1. The number of hydrogen-bond donors (Lipinski definition) is 10. The molecule has 4 aromatic rings. The van der Waals surface area contributed by atoms with E-state index >= 15 is 0 Å². The van der Waals surface area contributed by atoms with Crippen molar-refractivity contribution >= 4 is 53.0 Å². The molecule has 18 nitrogen and oxygen atoms in total. The van der Waals surface area contributed by atoms with Crippen molar-refractivity contribution in [2.75, 3.05) is 17.2 Å². The normalized spacial score (nSPS) is 13.2.